The maximum absolute atomic E-state index is 11.7. The van der Waals surface area contributed by atoms with Crippen LogP contribution < -0.4 is 10.5 Å². The van der Waals surface area contributed by atoms with E-state index in [1.54, 1.807) is 14.1 Å². The Morgan fingerprint density at radius 2 is 2.12 bits per heavy atom. The third-order valence-electron chi connectivity index (χ3n) is 1.98. The van der Waals surface area contributed by atoms with Crippen LogP contribution >= 0.6 is 0 Å². The summed E-state index contributed by atoms with van der Waals surface area (Å²) in [6.07, 6.45) is 1.14. The van der Waals surface area contributed by atoms with Crippen LogP contribution in [0.1, 0.15) is 0 Å². The smallest absolute Gasteiger partial charge is 0.242 e. The lowest BCUT2D eigenvalue weighted by Gasteiger charge is -2.11. The Labute approximate surface area is 99.7 Å². The molecule has 0 aliphatic rings. The molecule has 1 aromatic rings. The van der Waals surface area contributed by atoms with Gasteiger partial charge in [0.2, 0.25) is 15.9 Å². The van der Waals surface area contributed by atoms with E-state index < -0.39 is 10.0 Å². The van der Waals surface area contributed by atoms with Crippen molar-refractivity contribution >= 4 is 21.7 Å². The summed E-state index contributed by atoms with van der Waals surface area (Å²) >= 11 is 0. The average molecular weight is 258 g/mol. The van der Waals surface area contributed by atoms with Gasteiger partial charge in [-0.25, -0.2) is 18.1 Å². The summed E-state index contributed by atoms with van der Waals surface area (Å²) in [6, 6.07) is 2.70. The summed E-state index contributed by atoms with van der Waals surface area (Å²) in [4.78, 5) is 16.2. The number of likely N-dealkylation sites (N-methyl/N-ethyl adjacent to an activating group) is 1. The van der Waals surface area contributed by atoms with E-state index in [0.29, 0.717) is 0 Å². The van der Waals surface area contributed by atoms with Crippen molar-refractivity contribution in [2.24, 2.45) is 0 Å². The lowest BCUT2D eigenvalue weighted by molar-refractivity contribution is -0.127. The zero-order valence-corrected chi connectivity index (χ0v) is 10.4. The summed E-state index contributed by atoms with van der Waals surface area (Å²) in [5, 5.41) is 0. The van der Waals surface area contributed by atoms with Gasteiger partial charge in [0.1, 0.15) is 10.7 Å². The third kappa shape index (κ3) is 3.68. The first kappa shape index (κ1) is 13.4. The maximum atomic E-state index is 11.7. The van der Waals surface area contributed by atoms with Gasteiger partial charge in [0, 0.05) is 20.3 Å². The van der Waals surface area contributed by atoms with Crippen LogP contribution in [-0.2, 0) is 14.8 Å². The average Bonchev–Trinajstić information content (AvgIpc) is 2.26. The quantitative estimate of drug-likeness (QED) is 0.723. The Morgan fingerprint density at radius 1 is 1.47 bits per heavy atom. The van der Waals surface area contributed by atoms with E-state index in [1.807, 2.05) is 0 Å². The van der Waals surface area contributed by atoms with E-state index in [9.17, 15) is 13.2 Å². The molecular weight excluding hydrogens is 244 g/mol. The second kappa shape index (κ2) is 5.11. The molecule has 1 aromatic heterocycles. The largest absolute Gasteiger partial charge is 0.384 e. The zero-order chi connectivity index (χ0) is 13.1. The van der Waals surface area contributed by atoms with Gasteiger partial charge in [-0.2, -0.15) is 0 Å². The summed E-state index contributed by atoms with van der Waals surface area (Å²) in [7, 11) is -0.635. The molecule has 0 bridgehead atoms. The molecule has 0 unspecified atom stereocenters. The van der Waals surface area contributed by atoms with E-state index in [-0.39, 0.29) is 23.2 Å². The number of carbonyl (C=O) groups excluding carboxylic acids is 1. The Kier molecular flexibility index (Phi) is 4.02. The van der Waals surface area contributed by atoms with E-state index in [0.717, 1.165) is 6.20 Å². The highest BCUT2D eigenvalue weighted by Crippen LogP contribution is 2.07. The lowest BCUT2D eigenvalue weighted by Crippen LogP contribution is -2.36. The van der Waals surface area contributed by atoms with Crippen molar-refractivity contribution in [3.8, 4) is 0 Å². The molecule has 0 saturated carbocycles. The van der Waals surface area contributed by atoms with Crippen molar-refractivity contribution in [3.05, 3.63) is 18.3 Å². The summed E-state index contributed by atoms with van der Waals surface area (Å²) in [6.45, 7) is -0.292. The van der Waals surface area contributed by atoms with Crippen LogP contribution in [0.15, 0.2) is 23.2 Å². The van der Waals surface area contributed by atoms with Crippen molar-refractivity contribution in [1.82, 2.24) is 14.6 Å². The van der Waals surface area contributed by atoms with Gasteiger partial charge in [-0.3, -0.25) is 4.79 Å². The van der Waals surface area contributed by atoms with Crippen molar-refractivity contribution in [2.45, 2.75) is 4.90 Å². The van der Waals surface area contributed by atoms with Crippen LogP contribution in [0.4, 0.5) is 5.82 Å². The van der Waals surface area contributed by atoms with Crippen LogP contribution in [0.25, 0.3) is 0 Å². The molecule has 0 aliphatic carbocycles. The van der Waals surface area contributed by atoms with Gasteiger partial charge >= 0.3 is 0 Å². The number of carbonyl (C=O) groups is 1. The number of pyridine rings is 1. The first-order chi connectivity index (χ1) is 7.83. The highest BCUT2D eigenvalue weighted by molar-refractivity contribution is 7.89. The predicted molar refractivity (Wildman–Crippen MR) is 62.5 cm³/mol. The molecule has 0 radical (unpaired) electrons. The van der Waals surface area contributed by atoms with Crippen molar-refractivity contribution in [1.29, 1.82) is 0 Å². The Hall–Kier alpha value is -1.67. The van der Waals surface area contributed by atoms with E-state index in [4.69, 9.17) is 5.73 Å². The zero-order valence-electron chi connectivity index (χ0n) is 9.54. The molecule has 0 fully saturated rings. The number of aromatic nitrogens is 1. The van der Waals surface area contributed by atoms with Gasteiger partial charge in [-0.1, -0.05) is 0 Å². The van der Waals surface area contributed by atoms with Gasteiger partial charge < -0.3 is 10.6 Å². The van der Waals surface area contributed by atoms with Gasteiger partial charge in [0.25, 0.3) is 0 Å². The number of rotatable bonds is 4. The molecule has 3 N–H and O–H groups in total. The first-order valence-corrected chi connectivity index (χ1v) is 6.22. The number of hydrogen-bond acceptors (Lipinski definition) is 5. The van der Waals surface area contributed by atoms with Crippen LogP contribution in [0, 0.1) is 0 Å². The third-order valence-corrected chi connectivity index (χ3v) is 3.37. The highest BCUT2D eigenvalue weighted by atomic mass is 32.2. The van der Waals surface area contributed by atoms with Crippen molar-refractivity contribution in [3.63, 3.8) is 0 Å². The predicted octanol–water partition coefficient (Wildman–Crippen LogP) is -0.970. The molecule has 1 heterocycles. The summed E-state index contributed by atoms with van der Waals surface area (Å²) in [5.41, 5.74) is 5.34. The van der Waals surface area contributed by atoms with E-state index in [2.05, 4.69) is 9.71 Å². The van der Waals surface area contributed by atoms with Crippen molar-refractivity contribution in [2.75, 3.05) is 26.4 Å². The summed E-state index contributed by atoms with van der Waals surface area (Å²) < 4.78 is 25.6. The fraction of sp³-hybridized carbons (Fsp3) is 0.333. The minimum atomic E-state index is -3.72. The second-order valence-corrected chi connectivity index (χ2v) is 5.30. The number of nitrogens with one attached hydrogen (secondary N) is 1. The Balaban J connectivity index is 2.76. The van der Waals surface area contributed by atoms with Gasteiger partial charge in [0.15, 0.2) is 0 Å². The number of amides is 1. The van der Waals surface area contributed by atoms with Gasteiger partial charge in [0.05, 0.1) is 6.54 Å². The standard InChI is InChI=1S/C9H14N4O3S/c1-13(2)9(14)6-12-17(15,16)7-3-4-8(10)11-5-7/h3-5,12H,6H2,1-2H3,(H2,10,11). The molecule has 94 valence electrons. The second-order valence-electron chi connectivity index (χ2n) is 3.53. The maximum Gasteiger partial charge on any atom is 0.242 e. The molecule has 0 atom stereocenters. The number of sulfonamides is 1. The minimum absolute atomic E-state index is 0.0294. The highest BCUT2D eigenvalue weighted by Gasteiger charge is 2.16. The fourth-order valence-corrected chi connectivity index (χ4v) is 1.87. The van der Waals surface area contributed by atoms with Crippen LogP contribution in [0.3, 0.4) is 0 Å². The molecule has 0 aliphatic heterocycles. The molecule has 1 amide bonds. The van der Waals surface area contributed by atoms with E-state index in [1.165, 1.54) is 17.0 Å². The Bertz CT molecular complexity index is 495. The number of hydrogen-bond donors (Lipinski definition) is 2. The molecular formula is C9H14N4O3S. The molecule has 8 heteroatoms. The SMILES string of the molecule is CN(C)C(=O)CNS(=O)(=O)c1ccc(N)nc1. The molecule has 17 heavy (non-hydrogen) atoms. The number of nitrogens with zero attached hydrogens (tertiary/aromatic N) is 2. The topological polar surface area (TPSA) is 105 Å². The van der Waals surface area contributed by atoms with Crippen LogP contribution in [-0.4, -0.2) is 44.8 Å². The fourth-order valence-electron chi connectivity index (χ4n) is 0.949. The summed E-state index contributed by atoms with van der Waals surface area (Å²) in [5.74, 6) is -0.106. The molecule has 7 nitrogen and oxygen atoms in total. The number of anilines is 1. The van der Waals surface area contributed by atoms with Gasteiger partial charge in [-0.15, -0.1) is 0 Å². The molecule has 0 saturated heterocycles. The lowest BCUT2D eigenvalue weighted by atomic mass is 10.5. The van der Waals surface area contributed by atoms with Gasteiger partial charge in [-0.05, 0) is 12.1 Å². The monoisotopic (exact) mass is 258 g/mol. The van der Waals surface area contributed by atoms with Crippen molar-refractivity contribution < 1.29 is 13.2 Å². The minimum Gasteiger partial charge on any atom is -0.384 e. The normalized spacial score (nSPS) is 11.2. The molecule has 0 aromatic carbocycles. The van der Waals surface area contributed by atoms with Crippen LogP contribution in [0.2, 0.25) is 0 Å². The number of nitrogen functional groups attached to an aromatic ring is 1. The van der Waals surface area contributed by atoms with Crippen LogP contribution in [0.5, 0.6) is 0 Å². The van der Waals surface area contributed by atoms with E-state index >= 15 is 0 Å². The Morgan fingerprint density at radius 3 is 2.59 bits per heavy atom. The number of nitrogens with two attached hydrogens (primary N) is 1. The molecule has 0 spiro atoms. The first-order valence-electron chi connectivity index (χ1n) is 4.74. The molecule has 1 rings (SSSR count).